The van der Waals surface area contributed by atoms with Gasteiger partial charge in [-0.25, -0.2) is 4.79 Å². The molecule has 1 aliphatic carbocycles. The van der Waals surface area contributed by atoms with Gasteiger partial charge in [0.25, 0.3) is 5.91 Å². The van der Waals surface area contributed by atoms with Crippen LogP contribution >= 0.6 is 0 Å². The molecule has 2 atom stereocenters. The van der Waals surface area contributed by atoms with Gasteiger partial charge >= 0.3 is 5.97 Å². The van der Waals surface area contributed by atoms with Crippen LogP contribution in [-0.4, -0.2) is 29.1 Å². The number of hydrogen-bond acceptors (Lipinski definition) is 3. The smallest absolute Gasteiger partial charge is 0.335 e. The molecular weight excluding hydrogens is 244 g/mol. The van der Waals surface area contributed by atoms with Crippen LogP contribution in [-0.2, 0) is 0 Å². The van der Waals surface area contributed by atoms with Crippen LogP contribution < -0.4 is 11.1 Å². The van der Waals surface area contributed by atoms with Gasteiger partial charge in [-0.3, -0.25) is 4.79 Å². The molecule has 1 fully saturated rings. The van der Waals surface area contributed by atoms with Crippen LogP contribution in [0.2, 0.25) is 0 Å². The maximum atomic E-state index is 12.0. The number of amides is 1. The van der Waals surface area contributed by atoms with E-state index in [1.54, 1.807) is 0 Å². The van der Waals surface area contributed by atoms with E-state index in [-0.39, 0.29) is 23.6 Å². The Morgan fingerprint density at radius 2 is 1.68 bits per heavy atom. The summed E-state index contributed by atoms with van der Waals surface area (Å²) in [6.45, 7) is 0. The van der Waals surface area contributed by atoms with Gasteiger partial charge in [-0.1, -0.05) is 12.8 Å². The number of hydrogen-bond donors (Lipinski definition) is 3. The number of nitrogens with two attached hydrogens (primary N) is 1. The Bertz CT molecular complexity index is 470. The number of carbonyl (C=O) groups excluding carboxylic acids is 1. The maximum Gasteiger partial charge on any atom is 0.335 e. The van der Waals surface area contributed by atoms with E-state index in [0.717, 1.165) is 25.7 Å². The highest BCUT2D eigenvalue weighted by molar-refractivity contribution is 5.96. The Balaban J connectivity index is 2.01. The summed E-state index contributed by atoms with van der Waals surface area (Å²) in [7, 11) is 0. The summed E-state index contributed by atoms with van der Waals surface area (Å²) < 4.78 is 0. The fraction of sp³-hybridized carbons (Fsp3) is 0.429. The second-order valence-corrected chi connectivity index (χ2v) is 4.91. The van der Waals surface area contributed by atoms with E-state index >= 15 is 0 Å². The van der Waals surface area contributed by atoms with E-state index in [1.165, 1.54) is 24.3 Å². The van der Waals surface area contributed by atoms with Crippen LogP contribution in [0.4, 0.5) is 0 Å². The van der Waals surface area contributed by atoms with Crippen molar-refractivity contribution in [1.29, 1.82) is 0 Å². The molecule has 19 heavy (non-hydrogen) atoms. The van der Waals surface area contributed by atoms with Crippen LogP contribution in [0.25, 0.3) is 0 Å². The molecule has 0 radical (unpaired) electrons. The number of rotatable bonds is 3. The van der Waals surface area contributed by atoms with Crippen LogP contribution in [0.5, 0.6) is 0 Å². The molecule has 0 spiro atoms. The van der Waals surface area contributed by atoms with Crippen LogP contribution in [0.15, 0.2) is 24.3 Å². The molecule has 0 saturated heterocycles. The van der Waals surface area contributed by atoms with E-state index in [4.69, 9.17) is 10.8 Å². The number of nitrogens with one attached hydrogen (secondary N) is 1. The number of carboxylic acid groups (broad SMARTS) is 1. The second-order valence-electron chi connectivity index (χ2n) is 4.91. The first-order valence-corrected chi connectivity index (χ1v) is 6.48. The predicted molar refractivity (Wildman–Crippen MR) is 71.1 cm³/mol. The van der Waals surface area contributed by atoms with Gasteiger partial charge in [0, 0.05) is 17.6 Å². The average Bonchev–Trinajstić information content (AvgIpc) is 2.41. The Morgan fingerprint density at radius 3 is 2.26 bits per heavy atom. The lowest BCUT2D eigenvalue weighted by Crippen LogP contribution is -2.49. The zero-order valence-corrected chi connectivity index (χ0v) is 10.6. The van der Waals surface area contributed by atoms with Gasteiger partial charge in [-0.05, 0) is 37.1 Å². The van der Waals surface area contributed by atoms with Crippen molar-refractivity contribution in [2.75, 3.05) is 0 Å². The summed E-state index contributed by atoms with van der Waals surface area (Å²) in [4.78, 5) is 22.8. The summed E-state index contributed by atoms with van der Waals surface area (Å²) in [6, 6.07) is 5.92. The highest BCUT2D eigenvalue weighted by Crippen LogP contribution is 2.17. The van der Waals surface area contributed by atoms with Crippen LogP contribution in [0, 0.1) is 0 Å². The van der Waals surface area contributed by atoms with Gasteiger partial charge in [0.1, 0.15) is 0 Å². The standard InChI is InChI=1S/C14H18N2O3/c15-11-3-1-2-4-12(11)16-13(17)9-5-7-10(8-6-9)14(18)19/h5-8,11-12H,1-4,15H2,(H,16,17)(H,18,19). The maximum absolute atomic E-state index is 12.0. The molecule has 1 aromatic carbocycles. The van der Waals surface area contributed by atoms with E-state index in [0.29, 0.717) is 5.56 Å². The van der Waals surface area contributed by atoms with Crippen molar-refractivity contribution in [2.24, 2.45) is 5.73 Å². The molecule has 0 aliphatic heterocycles. The van der Waals surface area contributed by atoms with E-state index in [9.17, 15) is 9.59 Å². The molecule has 0 heterocycles. The lowest BCUT2D eigenvalue weighted by Gasteiger charge is -2.29. The molecule has 1 amide bonds. The lowest BCUT2D eigenvalue weighted by atomic mass is 9.91. The topological polar surface area (TPSA) is 92.4 Å². The fourth-order valence-electron chi connectivity index (χ4n) is 2.35. The first-order chi connectivity index (χ1) is 9.08. The molecule has 2 unspecified atom stereocenters. The number of aromatic carboxylic acids is 1. The quantitative estimate of drug-likeness (QED) is 0.767. The highest BCUT2D eigenvalue weighted by atomic mass is 16.4. The van der Waals surface area contributed by atoms with Crippen molar-refractivity contribution >= 4 is 11.9 Å². The molecule has 1 saturated carbocycles. The van der Waals surface area contributed by atoms with Gasteiger partial charge in [-0.15, -0.1) is 0 Å². The first kappa shape index (κ1) is 13.5. The van der Waals surface area contributed by atoms with Gasteiger partial charge in [0.05, 0.1) is 5.56 Å². The molecule has 0 aromatic heterocycles. The second kappa shape index (κ2) is 5.84. The summed E-state index contributed by atoms with van der Waals surface area (Å²) in [5.74, 6) is -1.19. The lowest BCUT2D eigenvalue weighted by molar-refractivity contribution is 0.0696. The Labute approximate surface area is 111 Å². The van der Waals surface area contributed by atoms with Crippen molar-refractivity contribution in [3.8, 4) is 0 Å². The van der Waals surface area contributed by atoms with Crippen molar-refractivity contribution in [2.45, 2.75) is 37.8 Å². The summed E-state index contributed by atoms with van der Waals surface area (Å²) in [6.07, 6.45) is 4.03. The molecular formula is C14H18N2O3. The zero-order chi connectivity index (χ0) is 13.8. The van der Waals surface area contributed by atoms with E-state index in [1.807, 2.05) is 0 Å². The van der Waals surface area contributed by atoms with Crippen LogP contribution in [0.3, 0.4) is 0 Å². The molecule has 5 heteroatoms. The zero-order valence-electron chi connectivity index (χ0n) is 10.6. The third-order valence-electron chi connectivity index (χ3n) is 3.53. The number of carbonyl (C=O) groups is 2. The molecule has 2 rings (SSSR count). The summed E-state index contributed by atoms with van der Waals surface area (Å²) in [5, 5.41) is 11.7. The van der Waals surface area contributed by atoms with Gasteiger partial charge < -0.3 is 16.2 Å². The monoisotopic (exact) mass is 262 g/mol. The summed E-state index contributed by atoms with van der Waals surface area (Å²) in [5.41, 5.74) is 6.61. The minimum Gasteiger partial charge on any atom is -0.478 e. The highest BCUT2D eigenvalue weighted by Gasteiger charge is 2.23. The molecule has 0 bridgehead atoms. The normalized spacial score (nSPS) is 22.8. The van der Waals surface area contributed by atoms with Crippen molar-refractivity contribution in [3.05, 3.63) is 35.4 Å². The summed E-state index contributed by atoms with van der Waals surface area (Å²) >= 11 is 0. The average molecular weight is 262 g/mol. The minimum atomic E-state index is -0.999. The van der Waals surface area contributed by atoms with Crippen LogP contribution in [0.1, 0.15) is 46.4 Å². The minimum absolute atomic E-state index is 0.0102. The van der Waals surface area contributed by atoms with Crippen molar-refractivity contribution in [1.82, 2.24) is 5.32 Å². The Morgan fingerprint density at radius 1 is 1.11 bits per heavy atom. The van der Waals surface area contributed by atoms with Crippen molar-refractivity contribution < 1.29 is 14.7 Å². The van der Waals surface area contributed by atoms with Gasteiger partial charge in [0.15, 0.2) is 0 Å². The molecule has 1 aliphatic rings. The fourth-order valence-corrected chi connectivity index (χ4v) is 2.35. The van der Waals surface area contributed by atoms with Crippen molar-refractivity contribution in [3.63, 3.8) is 0 Å². The SMILES string of the molecule is NC1CCCCC1NC(=O)c1ccc(C(=O)O)cc1. The first-order valence-electron chi connectivity index (χ1n) is 6.48. The number of carboxylic acids is 1. The van der Waals surface area contributed by atoms with Gasteiger partial charge in [0.2, 0.25) is 0 Å². The molecule has 5 nitrogen and oxygen atoms in total. The largest absolute Gasteiger partial charge is 0.478 e. The molecule has 1 aromatic rings. The third kappa shape index (κ3) is 3.32. The molecule has 4 N–H and O–H groups in total. The Kier molecular flexibility index (Phi) is 4.16. The molecule has 102 valence electrons. The predicted octanol–water partition coefficient (Wildman–Crippen LogP) is 1.38. The van der Waals surface area contributed by atoms with E-state index in [2.05, 4.69) is 5.32 Å². The van der Waals surface area contributed by atoms with Gasteiger partial charge in [-0.2, -0.15) is 0 Å². The number of benzene rings is 1. The third-order valence-corrected chi connectivity index (χ3v) is 3.53. The Hall–Kier alpha value is -1.88. The van der Waals surface area contributed by atoms with E-state index < -0.39 is 5.97 Å².